The molecule has 1 heterocycles. The summed E-state index contributed by atoms with van der Waals surface area (Å²) in [6.07, 6.45) is -8.65. The Balaban J connectivity index is 0.000000629. The number of hydrogen-bond donors (Lipinski definition) is 4. The van der Waals surface area contributed by atoms with Gasteiger partial charge in [-0.15, -0.1) is 0 Å². The molecule has 3 rings (SSSR count). The molecule has 3 aromatic rings. The first-order valence-corrected chi connectivity index (χ1v) is 12.1. The van der Waals surface area contributed by atoms with Crippen LogP contribution < -0.4 is 15.8 Å². The summed E-state index contributed by atoms with van der Waals surface area (Å²) in [5.41, 5.74) is 6.15. The van der Waals surface area contributed by atoms with Crippen molar-refractivity contribution in [2.75, 3.05) is 0 Å². The molecule has 0 unspecified atom stereocenters. The van der Waals surface area contributed by atoms with E-state index < -0.39 is 57.8 Å². The number of nitro groups is 1. The van der Waals surface area contributed by atoms with Gasteiger partial charge < -0.3 is 26.0 Å². The third-order valence-corrected chi connectivity index (χ3v) is 5.35. The highest BCUT2D eigenvalue weighted by molar-refractivity contribution is 6.31. The highest BCUT2D eigenvalue weighted by Crippen LogP contribution is 2.28. The van der Waals surface area contributed by atoms with Crippen LogP contribution in [0.1, 0.15) is 11.1 Å². The van der Waals surface area contributed by atoms with Crippen molar-refractivity contribution in [2.24, 2.45) is 5.73 Å². The van der Waals surface area contributed by atoms with E-state index in [1.807, 2.05) is 0 Å². The first-order valence-electron chi connectivity index (χ1n) is 11.8. The van der Waals surface area contributed by atoms with Crippen LogP contribution in [0.5, 0.6) is 11.6 Å². The number of benzene rings is 2. The van der Waals surface area contributed by atoms with E-state index in [1.54, 1.807) is 24.3 Å². The number of aromatic nitrogens is 1. The number of carboxylic acids is 2. The van der Waals surface area contributed by atoms with Crippen LogP contribution >= 0.6 is 11.6 Å². The average Bonchev–Trinajstić information content (AvgIpc) is 2.95. The van der Waals surface area contributed by atoms with Crippen molar-refractivity contribution in [3.05, 3.63) is 92.6 Å². The molecule has 5 N–H and O–H groups in total. The number of hydrogen-bond acceptors (Lipinski definition) is 8. The van der Waals surface area contributed by atoms with Crippen LogP contribution in [0.25, 0.3) is 0 Å². The number of carbonyl (C=O) groups is 3. The number of carboxylic acid groups (broad SMARTS) is 2. The first kappa shape index (κ1) is 38.9. The lowest BCUT2D eigenvalue weighted by Crippen LogP contribution is -2.41. The van der Waals surface area contributed by atoms with Crippen LogP contribution in [0.4, 0.5) is 40.8 Å². The van der Waals surface area contributed by atoms with Gasteiger partial charge in [0.25, 0.3) is 5.88 Å². The lowest BCUT2D eigenvalue weighted by Gasteiger charge is -2.14. The molecule has 1 amide bonds. The van der Waals surface area contributed by atoms with E-state index in [-0.39, 0.29) is 30.1 Å². The van der Waals surface area contributed by atoms with Crippen molar-refractivity contribution < 1.29 is 69.4 Å². The second kappa shape index (κ2) is 16.8. The summed E-state index contributed by atoms with van der Waals surface area (Å²) in [6, 6.07) is 9.95. The largest absolute Gasteiger partial charge is 0.490 e. The highest BCUT2D eigenvalue weighted by atomic mass is 35.5. The fourth-order valence-corrected chi connectivity index (χ4v) is 3.01. The molecule has 0 saturated heterocycles. The van der Waals surface area contributed by atoms with E-state index in [1.165, 1.54) is 18.3 Å². The molecule has 0 aliphatic carbocycles. The zero-order chi connectivity index (χ0) is 35.4. The fraction of sp³-hybridized carbons (Fsp3) is 0.200. The number of nitrogens with zero attached hydrogens (tertiary/aromatic N) is 2. The lowest BCUT2D eigenvalue weighted by molar-refractivity contribution is -0.386. The van der Waals surface area contributed by atoms with Gasteiger partial charge in [-0.3, -0.25) is 14.9 Å². The second-order valence-corrected chi connectivity index (χ2v) is 8.66. The van der Waals surface area contributed by atoms with Crippen LogP contribution in [0.2, 0.25) is 5.02 Å². The zero-order valence-corrected chi connectivity index (χ0v) is 23.2. The number of nitrogens with one attached hydrogen (secondary N) is 1. The number of aliphatic carboxylic acids is 2. The van der Waals surface area contributed by atoms with Gasteiger partial charge in [-0.2, -0.15) is 26.3 Å². The Morgan fingerprint density at radius 2 is 1.46 bits per heavy atom. The van der Waals surface area contributed by atoms with Gasteiger partial charge in [-0.1, -0.05) is 23.7 Å². The highest BCUT2D eigenvalue weighted by Gasteiger charge is 2.38. The summed E-state index contributed by atoms with van der Waals surface area (Å²) in [7, 11) is 0. The molecule has 0 aliphatic rings. The monoisotopic (exact) mass is 690 g/mol. The van der Waals surface area contributed by atoms with E-state index >= 15 is 0 Å². The van der Waals surface area contributed by atoms with Crippen molar-refractivity contribution in [3.8, 4) is 11.6 Å². The number of pyridine rings is 1. The standard InChI is InChI=1S/C21H17ClF2N4O4.2C2HF3O2/c22-19-14(15(23)7-8-16(19)24)11-27-20(29)17(25)10-12-3-5-13(6-4-12)32-21-18(28(30)31)2-1-9-26-21;2*3-2(4,5)1(6)7/h1-9,17H,10-11,25H2,(H,27,29);2*(H,6,7)/t17-;;/m0../s1. The zero-order valence-electron chi connectivity index (χ0n) is 22.4. The molecule has 0 radical (unpaired) electrons. The number of alkyl halides is 6. The van der Waals surface area contributed by atoms with Gasteiger partial charge in [0.05, 0.1) is 16.0 Å². The lowest BCUT2D eigenvalue weighted by atomic mass is 10.1. The minimum Gasteiger partial charge on any atom is -0.475 e. The van der Waals surface area contributed by atoms with Crippen LogP contribution in [0.15, 0.2) is 54.7 Å². The van der Waals surface area contributed by atoms with Gasteiger partial charge >= 0.3 is 30.0 Å². The smallest absolute Gasteiger partial charge is 0.475 e. The van der Waals surface area contributed by atoms with Crippen molar-refractivity contribution >= 4 is 35.1 Å². The van der Waals surface area contributed by atoms with Gasteiger partial charge in [0.1, 0.15) is 17.4 Å². The van der Waals surface area contributed by atoms with Gasteiger partial charge in [0, 0.05) is 24.4 Å². The summed E-state index contributed by atoms with van der Waals surface area (Å²) >= 11 is 5.74. The number of amides is 1. The maximum Gasteiger partial charge on any atom is 0.490 e. The predicted molar refractivity (Wildman–Crippen MR) is 140 cm³/mol. The first-order chi connectivity index (χ1) is 21.1. The van der Waals surface area contributed by atoms with Gasteiger partial charge in [-0.05, 0) is 42.3 Å². The Morgan fingerprint density at radius 1 is 0.957 bits per heavy atom. The summed E-state index contributed by atoms with van der Waals surface area (Å²) in [5.74, 6) is -7.46. The predicted octanol–water partition coefficient (Wildman–Crippen LogP) is 5.17. The van der Waals surface area contributed by atoms with Crippen LogP contribution in [-0.4, -0.2) is 56.4 Å². The van der Waals surface area contributed by atoms with Crippen LogP contribution in [0.3, 0.4) is 0 Å². The Labute approximate surface area is 256 Å². The molecular formula is C25H19ClF8N4O8. The van der Waals surface area contributed by atoms with Crippen molar-refractivity contribution in [1.29, 1.82) is 0 Å². The number of rotatable bonds is 8. The summed E-state index contributed by atoms with van der Waals surface area (Å²) in [5, 5.41) is 27.3. The van der Waals surface area contributed by atoms with Crippen molar-refractivity contribution in [1.82, 2.24) is 10.3 Å². The van der Waals surface area contributed by atoms with Gasteiger partial charge in [0.15, 0.2) is 0 Å². The van der Waals surface area contributed by atoms with Crippen LogP contribution in [-0.2, 0) is 27.3 Å². The number of carbonyl (C=O) groups excluding carboxylic acids is 1. The molecule has 0 spiro atoms. The average molecular weight is 691 g/mol. The molecule has 1 atom stereocenters. The third kappa shape index (κ3) is 12.9. The molecule has 1 aromatic heterocycles. The normalized spacial score (nSPS) is 11.5. The number of nitrogens with two attached hydrogens (primary N) is 1. The maximum absolute atomic E-state index is 13.8. The molecule has 2 aromatic carbocycles. The molecule has 250 valence electrons. The van der Waals surface area contributed by atoms with E-state index in [0.717, 1.165) is 12.1 Å². The van der Waals surface area contributed by atoms with Gasteiger partial charge in [-0.25, -0.2) is 23.4 Å². The SMILES string of the molecule is N[C@@H](Cc1ccc(Oc2ncccc2[N+](=O)[O-])cc1)C(=O)NCc1c(F)ccc(F)c1Cl.O=C(O)C(F)(F)F.O=C(O)C(F)(F)F. The summed E-state index contributed by atoms with van der Waals surface area (Å²) in [4.78, 5) is 44.3. The quantitative estimate of drug-likeness (QED) is 0.106. The summed E-state index contributed by atoms with van der Waals surface area (Å²) < 4.78 is 96.2. The Morgan fingerprint density at radius 3 is 1.93 bits per heavy atom. The molecule has 21 heteroatoms. The van der Waals surface area contributed by atoms with E-state index in [0.29, 0.717) is 11.3 Å². The molecule has 0 bridgehead atoms. The van der Waals surface area contributed by atoms with E-state index in [2.05, 4.69) is 10.3 Å². The van der Waals surface area contributed by atoms with Crippen molar-refractivity contribution in [3.63, 3.8) is 0 Å². The minimum absolute atomic E-state index is 0.148. The molecule has 12 nitrogen and oxygen atoms in total. The van der Waals surface area contributed by atoms with E-state index in [4.69, 9.17) is 41.9 Å². The Hall–Kier alpha value is -5.11. The number of halogens is 9. The summed E-state index contributed by atoms with van der Waals surface area (Å²) in [6.45, 7) is -0.315. The Bertz CT molecular complexity index is 1520. The third-order valence-electron chi connectivity index (χ3n) is 4.94. The fourth-order valence-electron chi connectivity index (χ4n) is 2.79. The van der Waals surface area contributed by atoms with Crippen LogP contribution in [0, 0.1) is 21.7 Å². The number of ether oxygens (including phenoxy) is 1. The minimum atomic E-state index is -5.08. The molecule has 0 saturated carbocycles. The van der Waals surface area contributed by atoms with Crippen molar-refractivity contribution in [2.45, 2.75) is 31.4 Å². The Kier molecular flexibility index (Phi) is 14.2. The maximum atomic E-state index is 13.8. The molecule has 0 aliphatic heterocycles. The molecule has 46 heavy (non-hydrogen) atoms. The second-order valence-electron chi connectivity index (χ2n) is 8.29. The van der Waals surface area contributed by atoms with Gasteiger partial charge in [0.2, 0.25) is 5.91 Å². The molecular weight excluding hydrogens is 672 g/mol. The topological polar surface area (TPSA) is 195 Å². The van der Waals surface area contributed by atoms with E-state index in [9.17, 15) is 50.0 Å². The molecule has 0 fully saturated rings.